The summed E-state index contributed by atoms with van der Waals surface area (Å²) >= 11 is 5.99. The molecule has 2 rings (SSSR count). The Morgan fingerprint density at radius 2 is 2.05 bits per heavy atom. The van der Waals surface area contributed by atoms with Gasteiger partial charge in [0.25, 0.3) is 10.0 Å². The Labute approximate surface area is 128 Å². The number of ether oxygens (including phenoxy) is 1. The molecule has 0 saturated heterocycles. The van der Waals surface area contributed by atoms with Gasteiger partial charge >= 0.3 is 0 Å². The van der Waals surface area contributed by atoms with Crippen molar-refractivity contribution in [3.8, 4) is 5.88 Å². The molecule has 0 atom stereocenters. The van der Waals surface area contributed by atoms with Gasteiger partial charge in [-0.05, 0) is 30.7 Å². The Balaban J connectivity index is 2.35. The number of halogens is 1. The van der Waals surface area contributed by atoms with Gasteiger partial charge in [0.1, 0.15) is 4.90 Å². The maximum atomic E-state index is 12.3. The van der Waals surface area contributed by atoms with Crippen LogP contribution in [0.1, 0.15) is 5.56 Å². The number of anilines is 2. The molecule has 0 fully saturated rings. The van der Waals surface area contributed by atoms with Gasteiger partial charge in [0.2, 0.25) is 5.88 Å². The Bertz CT molecular complexity index is 761. The molecule has 0 amide bonds. The molecule has 0 aliphatic carbocycles. The number of aromatic nitrogens is 1. The van der Waals surface area contributed by atoms with E-state index in [-0.39, 0.29) is 9.92 Å². The van der Waals surface area contributed by atoms with Crippen molar-refractivity contribution in [1.29, 1.82) is 0 Å². The smallest absolute Gasteiger partial charge is 0.263 e. The first-order chi connectivity index (χ1) is 9.83. The van der Waals surface area contributed by atoms with E-state index in [2.05, 4.69) is 9.71 Å². The maximum Gasteiger partial charge on any atom is 0.263 e. The van der Waals surface area contributed by atoms with Gasteiger partial charge in [-0.1, -0.05) is 11.6 Å². The molecule has 0 aliphatic rings. The Morgan fingerprint density at radius 3 is 2.62 bits per heavy atom. The first-order valence-electron chi connectivity index (χ1n) is 5.92. The van der Waals surface area contributed by atoms with E-state index in [1.807, 2.05) is 0 Å². The van der Waals surface area contributed by atoms with Gasteiger partial charge < -0.3 is 10.5 Å². The van der Waals surface area contributed by atoms with Crippen molar-refractivity contribution in [3.63, 3.8) is 0 Å². The van der Waals surface area contributed by atoms with Crippen LogP contribution >= 0.6 is 11.6 Å². The van der Waals surface area contributed by atoms with Gasteiger partial charge in [-0.2, -0.15) is 0 Å². The van der Waals surface area contributed by atoms with E-state index in [0.717, 1.165) is 0 Å². The largest absolute Gasteiger partial charge is 0.481 e. The molecule has 0 aliphatic heterocycles. The Kier molecular flexibility index (Phi) is 4.24. The molecular formula is C13H14ClN3O3S. The maximum absolute atomic E-state index is 12.3. The molecule has 112 valence electrons. The molecule has 0 spiro atoms. The van der Waals surface area contributed by atoms with Crippen LogP contribution in [0.4, 0.5) is 11.4 Å². The molecule has 0 radical (unpaired) electrons. The Hall–Kier alpha value is -1.99. The van der Waals surface area contributed by atoms with Crippen LogP contribution in [0.25, 0.3) is 0 Å². The zero-order chi connectivity index (χ0) is 15.6. The lowest BCUT2D eigenvalue weighted by molar-refractivity contribution is 0.398. The number of hydrogen-bond donors (Lipinski definition) is 2. The summed E-state index contributed by atoms with van der Waals surface area (Å²) in [5, 5.41) is 0.107. The second-order valence-electron chi connectivity index (χ2n) is 4.33. The third-order valence-electron chi connectivity index (χ3n) is 2.81. The lowest BCUT2D eigenvalue weighted by Crippen LogP contribution is -2.14. The van der Waals surface area contributed by atoms with Crippen LogP contribution in [0, 0.1) is 6.92 Å². The normalized spacial score (nSPS) is 11.2. The molecule has 0 bridgehead atoms. The minimum absolute atomic E-state index is 0.0805. The average molecular weight is 328 g/mol. The van der Waals surface area contributed by atoms with Crippen LogP contribution in [0.15, 0.2) is 35.4 Å². The summed E-state index contributed by atoms with van der Waals surface area (Å²) in [4.78, 5) is 3.84. The second kappa shape index (κ2) is 5.79. The van der Waals surface area contributed by atoms with Gasteiger partial charge in [-0.25, -0.2) is 13.4 Å². The number of hydrogen-bond acceptors (Lipinski definition) is 5. The van der Waals surface area contributed by atoms with Crippen LogP contribution in [-0.2, 0) is 10.0 Å². The van der Waals surface area contributed by atoms with Gasteiger partial charge in [-0.3, -0.25) is 4.72 Å². The molecule has 2 aromatic rings. The summed E-state index contributed by atoms with van der Waals surface area (Å²) in [6.45, 7) is 1.75. The van der Waals surface area contributed by atoms with Gasteiger partial charge in [-0.15, -0.1) is 0 Å². The van der Waals surface area contributed by atoms with Crippen LogP contribution in [0.3, 0.4) is 0 Å². The van der Waals surface area contributed by atoms with Gasteiger partial charge in [0.05, 0.1) is 24.0 Å². The van der Waals surface area contributed by atoms with E-state index >= 15 is 0 Å². The van der Waals surface area contributed by atoms with Crippen LogP contribution in [-0.4, -0.2) is 20.5 Å². The molecule has 8 heteroatoms. The number of benzene rings is 1. The van der Waals surface area contributed by atoms with E-state index in [1.165, 1.54) is 31.5 Å². The van der Waals surface area contributed by atoms with E-state index in [1.54, 1.807) is 13.0 Å². The van der Waals surface area contributed by atoms with Gasteiger partial charge in [0, 0.05) is 11.8 Å². The number of sulfonamides is 1. The molecule has 1 heterocycles. The van der Waals surface area contributed by atoms with E-state index < -0.39 is 10.0 Å². The summed E-state index contributed by atoms with van der Waals surface area (Å²) in [7, 11) is -2.37. The molecule has 0 unspecified atom stereocenters. The van der Waals surface area contributed by atoms with Crippen molar-refractivity contribution in [2.45, 2.75) is 11.8 Å². The van der Waals surface area contributed by atoms with Crippen molar-refractivity contribution in [2.24, 2.45) is 0 Å². The fourth-order valence-electron chi connectivity index (χ4n) is 1.65. The van der Waals surface area contributed by atoms with Crippen molar-refractivity contribution in [1.82, 2.24) is 4.98 Å². The minimum atomic E-state index is -3.85. The predicted octanol–water partition coefficient (Wildman–Crippen LogP) is 2.44. The lowest BCUT2D eigenvalue weighted by Gasteiger charge is -2.11. The number of pyridine rings is 1. The quantitative estimate of drug-likeness (QED) is 0.841. The van der Waals surface area contributed by atoms with Crippen LogP contribution in [0.5, 0.6) is 5.88 Å². The number of nitrogen functional groups attached to an aromatic ring is 1. The molecule has 6 nitrogen and oxygen atoms in total. The molecule has 3 N–H and O–H groups in total. The number of methoxy groups -OCH3 is 1. The highest BCUT2D eigenvalue weighted by Gasteiger charge is 2.19. The average Bonchev–Trinajstić information content (AvgIpc) is 2.43. The topological polar surface area (TPSA) is 94.3 Å². The molecular weight excluding hydrogens is 314 g/mol. The van der Waals surface area contributed by atoms with E-state index in [0.29, 0.717) is 22.8 Å². The number of nitrogens with two attached hydrogens (primary N) is 1. The fraction of sp³-hybridized carbons (Fsp3) is 0.154. The number of nitrogens with zero attached hydrogens (tertiary/aromatic N) is 1. The lowest BCUT2D eigenvalue weighted by atomic mass is 10.2. The molecule has 1 aromatic carbocycles. The molecule has 1 aromatic heterocycles. The summed E-state index contributed by atoms with van der Waals surface area (Å²) in [5.74, 6) is 0.385. The minimum Gasteiger partial charge on any atom is -0.481 e. The second-order valence-corrected chi connectivity index (χ2v) is 6.39. The zero-order valence-corrected chi connectivity index (χ0v) is 13.0. The monoisotopic (exact) mass is 327 g/mol. The van der Waals surface area contributed by atoms with Crippen molar-refractivity contribution in [3.05, 3.63) is 41.0 Å². The van der Waals surface area contributed by atoms with E-state index in [9.17, 15) is 8.42 Å². The first-order valence-corrected chi connectivity index (χ1v) is 7.78. The molecule has 0 saturated carbocycles. The highest BCUT2D eigenvalue weighted by molar-refractivity contribution is 7.92. The van der Waals surface area contributed by atoms with E-state index in [4.69, 9.17) is 22.1 Å². The molecule has 21 heavy (non-hydrogen) atoms. The third kappa shape index (κ3) is 3.37. The number of aryl methyl sites for hydroxylation is 1. The first kappa shape index (κ1) is 15.4. The third-order valence-corrected chi connectivity index (χ3v) is 4.65. The van der Waals surface area contributed by atoms with Crippen LogP contribution in [0.2, 0.25) is 5.02 Å². The highest BCUT2D eigenvalue weighted by atomic mass is 35.5. The highest BCUT2D eigenvalue weighted by Crippen LogP contribution is 2.28. The summed E-state index contributed by atoms with van der Waals surface area (Å²) in [6.07, 6.45) is 1.35. The fourth-order valence-corrected chi connectivity index (χ4v) is 3.31. The van der Waals surface area contributed by atoms with Crippen molar-refractivity contribution in [2.75, 3.05) is 17.6 Å². The zero-order valence-electron chi connectivity index (χ0n) is 11.4. The summed E-state index contributed by atoms with van der Waals surface area (Å²) < 4.78 is 32.0. The SMILES string of the molecule is COc1ccc(NS(=O)(=O)c2cc(N)c(C)cc2Cl)cn1. The Morgan fingerprint density at radius 1 is 1.33 bits per heavy atom. The summed E-state index contributed by atoms with van der Waals surface area (Å²) in [5.41, 5.74) is 7.10. The summed E-state index contributed by atoms with van der Waals surface area (Å²) in [6, 6.07) is 5.92. The van der Waals surface area contributed by atoms with Crippen molar-refractivity contribution < 1.29 is 13.2 Å². The van der Waals surface area contributed by atoms with Gasteiger partial charge in [0.15, 0.2) is 0 Å². The standard InChI is InChI=1S/C13H14ClN3O3S/c1-8-5-10(14)12(6-11(8)15)21(18,19)17-9-3-4-13(20-2)16-7-9/h3-7,17H,15H2,1-2H3. The number of rotatable bonds is 4. The van der Waals surface area contributed by atoms with Crippen LogP contribution < -0.4 is 15.2 Å². The number of nitrogens with one attached hydrogen (secondary N) is 1. The van der Waals surface area contributed by atoms with Crippen molar-refractivity contribution >= 4 is 33.0 Å². The predicted molar refractivity (Wildman–Crippen MR) is 82.2 cm³/mol.